The Morgan fingerprint density at radius 3 is 2.61 bits per heavy atom. The van der Waals surface area contributed by atoms with Crippen molar-refractivity contribution in [3.05, 3.63) is 47.3 Å². The number of anilines is 1. The van der Waals surface area contributed by atoms with E-state index in [9.17, 15) is 0 Å². The van der Waals surface area contributed by atoms with E-state index in [1.54, 1.807) is 0 Å². The number of nitrogen functional groups attached to an aromatic ring is 1. The minimum atomic E-state index is 0.651. The molecule has 94 valence electrons. The molecule has 1 heterocycles. The zero-order valence-electron chi connectivity index (χ0n) is 11.0. The van der Waals surface area contributed by atoms with Crippen molar-refractivity contribution in [3.63, 3.8) is 0 Å². The molecule has 0 aliphatic heterocycles. The van der Waals surface area contributed by atoms with Gasteiger partial charge in [0.15, 0.2) is 5.75 Å². The van der Waals surface area contributed by atoms with Crippen LogP contribution in [0.1, 0.15) is 23.9 Å². The van der Waals surface area contributed by atoms with E-state index in [-0.39, 0.29) is 0 Å². The Labute approximate surface area is 108 Å². The topological polar surface area (TPSA) is 48.1 Å². The van der Waals surface area contributed by atoms with Crippen LogP contribution in [0, 0.1) is 13.8 Å². The predicted molar refractivity (Wildman–Crippen MR) is 74.0 cm³/mol. The Morgan fingerprint density at radius 2 is 1.94 bits per heavy atom. The van der Waals surface area contributed by atoms with E-state index >= 15 is 0 Å². The lowest BCUT2D eigenvalue weighted by atomic mass is 10.2. The fourth-order valence-corrected chi connectivity index (χ4v) is 1.87. The van der Waals surface area contributed by atoms with Gasteiger partial charge in [-0.1, -0.05) is 19.1 Å². The van der Waals surface area contributed by atoms with Gasteiger partial charge in [-0.3, -0.25) is 4.98 Å². The van der Waals surface area contributed by atoms with Crippen molar-refractivity contribution in [2.45, 2.75) is 27.2 Å². The first-order valence-electron chi connectivity index (χ1n) is 6.11. The van der Waals surface area contributed by atoms with E-state index in [1.807, 2.05) is 44.2 Å². The summed E-state index contributed by atoms with van der Waals surface area (Å²) >= 11 is 0. The molecule has 3 nitrogen and oxygen atoms in total. The van der Waals surface area contributed by atoms with Gasteiger partial charge < -0.3 is 10.5 Å². The normalized spacial score (nSPS) is 10.4. The van der Waals surface area contributed by atoms with Gasteiger partial charge >= 0.3 is 0 Å². The molecule has 2 aromatic rings. The molecular weight excluding hydrogens is 224 g/mol. The van der Waals surface area contributed by atoms with Crippen LogP contribution in [-0.2, 0) is 6.42 Å². The zero-order valence-corrected chi connectivity index (χ0v) is 11.0. The molecule has 2 N–H and O–H groups in total. The molecule has 0 atom stereocenters. The molecule has 1 aromatic carbocycles. The highest BCUT2D eigenvalue weighted by Gasteiger charge is 2.09. The van der Waals surface area contributed by atoms with Crippen LogP contribution in [0.2, 0.25) is 0 Å². The Balaban J connectivity index is 2.40. The number of rotatable bonds is 3. The van der Waals surface area contributed by atoms with E-state index in [4.69, 9.17) is 10.5 Å². The van der Waals surface area contributed by atoms with E-state index in [0.29, 0.717) is 5.69 Å². The lowest BCUT2D eigenvalue weighted by molar-refractivity contribution is 0.471. The van der Waals surface area contributed by atoms with Crippen LogP contribution in [0.3, 0.4) is 0 Å². The molecule has 0 saturated carbocycles. The fourth-order valence-electron chi connectivity index (χ4n) is 1.87. The van der Waals surface area contributed by atoms with Crippen LogP contribution in [0.25, 0.3) is 0 Å². The predicted octanol–water partition coefficient (Wildman–Crippen LogP) is 3.64. The third kappa shape index (κ3) is 2.45. The number of hydrogen-bond acceptors (Lipinski definition) is 3. The second-order valence-electron chi connectivity index (χ2n) is 4.35. The number of ether oxygens (including phenoxy) is 1. The summed E-state index contributed by atoms with van der Waals surface area (Å²) in [7, 11) is 0. The summed E-state index contributed by atoms with van der Waals surface area (Å²) in [5, 5.41) is 0. The highest BCUT2D eigenvalue weighted by atomic mass is 16.5. The maximum absolute atomic E-state index is 5.95. The van der Waals surface area contributed by atoms with Crippen molar-refractivity contribution < 1.29 is 4.74 Å². The molecule has 0 unspecified atom stereocenters. The highest BCUT2D eigenvalue weighted by molar-refractivity contribution is 5.58. The van der Waals surface area contributed by atoms with Gasteiger partial charge in [0, 0.05) is 5.69 Å². The zero-order chi connectivity index (χ0) is 13.1. The first kappa shape index (κ1) is 12.4. The van der Waals surface area contributed by atoms with Gasteiger partial charge in [-0.15, -0.1) is 0 Å². The summed E-state index contributed by atoms with van der Waals surface area (Å²) in [6, 6.07) is 9.65. The first-order valence-corrected chi connectivity index (χ1v) is 6.11. The molecule has 0 amide bonds. The summed E-state index contributed by atoms with van der Waals surface area (Å²) in [5.41, 5.74) is 9.57. The van der Waals surface area contributed by atoms with Gasteiger partial charge in [-0.2, -0.15) is 0 Å². The number of hydrogen-bond donors (Lipinski definition) is 1. The number of aryl methyl sites for hydroxylation is 3. The quantitative estimate of drug-likeness (QED) is 0.836. The molecule has 0 saturated heterocycles. The maximum Gasteiger partial charge on any atom is 0.153 e. The molecule has 1 aromatic heterocycles. The largest absolute Gasteiger partial charge is 0.453 e. The van der Waals surface area contributed by atoms with Crippen molar-refractivity contribution in [1.82, 2.24) is 4.98 Å². The molecule has 2 rings (SSSR count). The summed E-state index contributed by atoms with van der Waals surface area (Å²) in [5.74, 6) is 1.50. The first-order chi connectivity index (χ1) is 8.61. The molecule has 0 fully saturated rings. The summed E-state index contributed by atoms with van der Waals surface area (Å²) in [6.07, 6.45) is 0.836. The van der Waals surface area contributed by atoms with Crippen LogP contribution >= 0.6 is 0 Å². The van der Waals surface area contributed by atoms with Gasteiger partial charge in [-0.05, 0) is 44.0 Å². The Morgan fingerprint density at radius 1 is 1.17 bits per heavy atom. The number of nitrogens with zero attached hydrogens (tertiary/aromatic N) is 1. The van der Waals surface area contributed by atoms with E-state index in [2.05, 4.69) is 11.9 Å². The smallest absolute Gasteiger partial charge is 0.153 e. The number of benzene rings is 1. The molecule has 0 aliphatic carbocycles. The van der Waals surface area contributed by atoms with Gasteiger partial charge in [0.05, 0.1) is 11.4 Å². The van der Waals surface area contributed by atoms with Crippen molar-refractivity contribution >= 4 is 5.69 Å². The lowest BCUT2D eigenvalue weighted by Crippen LogP contribution is -1.99. The summed E-state index contributed by atoms with van der Waals surface area (Å²) in [6.45, 7) is 6.03. The molecule has 0 bridgehead atoms. The third-order valence-electron chi connectivity index (χ3n) is 2.86. The van der Waals surface area contributed by atoms with Gasteiger partial charge in [0.2, 0.25) is 0 Å². The van der Waals surface area contributed by atoms with Crippen LogP contribution < -0.4 is 10.5 Å². The average molecular weight is 242 g/mol. The summed E-state index contributed by atoms with van der Waals surface area (Å²) in [4.78, 5) is 4.48. The summed E-state index contributed by atoms with van der Waals surface area (Å²) < 4.78 is 5.93. The van der Waals surface area contributed by atoms with Crippen LogP contribution in [0.15, 0.2) is 30.3 Å². The molecule has 0 radical (unpaired) electrons. The monoisotopic (exact) mass is 242 g/mol. The Kier molecular flexibility index (Phi) is 3.51. The van der Waals surface area contributed by atoms with Crippen molar-refractivity contribution in [1.29, 1.82) is 0 Å². The molecule has 0 spiro atoms. The maximum atomic E-state index is 5.95. The van der Waals surface area contributed by atoms with Crippen molar-refractivity contribution in [3.8, 4) is 11.5 Å². The standard InChI is InChI=1S/C15H18N2O/c1-4-13-14(9-8-11(3)17-13)18-15-10(2)6-5-7-12(15)16/h5-9H,4,16H2,1-3H3. The van der Waals surface area contributed by atoms with Crippen molar-refractivity contribution in [2.75, 3.05) is 5.73 Å². The van der Waals surface area contributed by atoms with E-state index < -0.39 is 0 Å². The van der Waals surface area contributed by atoms with Crippen LogP contribution in [-0.4, -0.2) is 4.98 Å². The Bertz CT molecular complexity index is 544. The SMILES string of the molecule is CCc1nc(C)ccc1Oc1c(C)cccc1N. The number of pyridine rings is 1. The van der Waals surface area contributed by atoms with Crippen LogP contribution in [0.5, 0.6) is 11.5 Å². The molecular formula is C15H18N2O. The Hall–Kier alpha value is -2.03. The lowest BCUT2D eigenvalue weighted by Gasteiger charge is -2.13. The number of nitrogens with two attached hydrogens (primary N) is 1. The fraction of sp³-hybridized carbons (Fsp3) is 0.267. The van der Waals surface area contributed by atoms with Gasteiger partial charge in [-0.25, -0.2) is 0 Å². The molecule has 18 heavy (non-hydrogen) atoms. The van der Waals surface area contributed by atoms with Crippen molar-refractivity contribution in [2.24, 2.45) is 0 Å². The second-order valence-corrected chi connectivity index (χ2v) is 4.35. The van der Waals surface area contributed by atoms with Gasteiger partial charge in [0.25, 0.3) is 0 Å². The molecule has 3 heteroatoms. The minimum Gasteiger partial charge on any atom is -0.453 e. The van der Waals surface area contributed by atoms with E-state index in [0.717, 1.165) is 34.9 Å². The second kappa shape index (κ2) is 5.08. The third-order valence-corrected chi connectivity index (χ3v) is 2.86. The van der Waals surface area contributed by atoms with E-state index in [1.165, 1.54) is 0 Å². The average Bonchev–Trinajstić information content (AvgIpc) is 2.35. The molecule has 0 aliphatic rings. The highest BCUT2D eigenvalue weighted by Crippen LogP contribution is 2.32. The van der Waals surface area contributed by atoms with Crippen LogP contribution in [0.4, 0.5) is 5.69 Å². The minimum absolute atomic E-state index is 0.651. The number of para-hydroxylation sites is 1. The number of aromatic nitrogens is 1. The van der Waals surface area contributed by atoms with Gasteiger partial charge in [0.1, 0.15) is 5.75 Å².